The average molecular weight is 220 g/mol. The van der Waals surface area contributed by atoms with E-state index in [1.54, 1.807) is 17.8 Å². The molecule has 76 valence electrons. The minimum atomic E-state index is 0.320. The summed E-state index contributed by atoms with van der Waals surface area (Å²) in [6, 6.07) is 7.65. The zero-order chi connectivity index (χ0) is 10.3. The number of nitrogen functional groups attached to an aromatic ring is 1. The fourth-order valence-corrected chi connectivity index (χ4v) is 2.22. The number of ether oxygens (including phenoxy) is 1. The first-order chi connectivity index (χ1) is 7.33. The number of nitrogens with two attached hydrogens (primary N) is 1. The zero-order valence-corrected chi connectivity index (χ0v) is 8.58. The molecule has 0 radical (unpaired) electrons. The maximum Gasteiger partial charge on any atom is 0.222 e. The van der Waals surface area contributed by atoms with Gasteiger partial charge in [0.2, 0.25) is 5.88 Å². The average Bonchev–Trinajstić information content (AvgIpc) is 2.84. The van der Waals surface area contributed by atoms with Crippen LogP contribution >= 0.6 is 11.8 Å². The van der Waals surface area contributed by atoms with E-state index in [-0.39, 0.29) is 0 Å². The summed E-state index contributed by atoms with van der Waals surface area (Å²) >= 11 is 1.69. The van der Waals surface area contributed by atoms with E-state index in [1.165, 1.54) is 0 Å². The molecule has 1 aliphatic rings. The van der Waals surface area contributed by atoms with Crippen molar-refractivity contribution in [2.45, 2.75) is 4.90 Å². The molecule has 3 rings (SSSR count). The van der Waals surface area contributed by atoms with E-state index in [9.17, 15) is 0 Å². The van der Waals surface area contributed by atoms with Gasteiger partial charge in [0.1, 0.15) is 17.4 Å². The van der Waals surface area contributed by atoms with Crippen molar-refractivity contribution in [2.75, 3.05) is 11.7 Å². The first-order valence-corrected chi connectivity index (χ1v) is 5.44. The molecule has 5 heteroatoms. The van der Waals surface area contributed by atoms with E-state index in [1.807, 2.05) is 18.2 Å². The number of anilines is 1. The molecule has 15 heavy (non-hydrogen) atoms. The number of nitrogens with zero attached hydrogens (tertiary/aromatic N) is 1. The summed E-state index contributed by atoms with van der Waals surface area (Å²) in [5, 5.41) is 3.85. The van der Waals surface area contributed by atoms with Gasteiger partial charge in [-0.25, -0.2) is 0 Å². The third kappa shape index (κ3) is 1.45. The van der Waals surface area contributed by atoms with Gasteiger partial charge in [0.25, 0.3) is 0 Å². The van der Waals surface area contributed by atoms with Crippen molar-refractivity contribution in [2.24, 2.45) is 0 Å². The number of rotatable bonds is 1. The maximum atomic E-state index is 5.46. The lowest BCUT2D eigenvalue weighted by molar-refractivity contribution is 0.397. The highest BCUT2D eigenvalue weighted by Gasteiger charge is 2.14. The first kappa shape index (κ1) is 8.67. The summed E-state index contributed by atoms with van der Waals surface area (Å²) in [5.74, 6) is 1.90. The Kier molecular flexibility index (Phi) is 1.85. The summed E-state index contributed by atoms with van der Waals surface area (Å²) in [5.41, 5.74) is 7.15. The Morgan fingerprint density at radius 3 is 3.07 bits per heavy atom. The van der Waals surface area contributed by atoms with Gasteiger partial charge in [-0.1, -0.05) is 23.0 Å². The predicted molar refractivity (Wildman–Crippen MR) is 57.7 cm³/mol. The van der Waals surface area contributed by atoms with Crippen molar-refractivity contribution in [3.05, 3.63) is 24.3 Å². The molecular weight excluding hydrogens is 212 g/mol. The number of hydrogen-bond donors (Lipinski definition) is 1. The number of benzene rings is 1. The molecule has 0 bridgehead atoms. The molecule has 0 unspecified atom stereocenters. The van der Waals surface area contributed by atoms with Gasteiger partial charge in [-0.2, -0.15) is 0 Å². The van der Waals surface area contributed by atoms with Crippen molar-refractivity contribution in [3.8, 4) is 17.0 Å². The standard InChI is InChI=1S/C10H8N2O2S/c11-10-4-7(12-14-10)6-1-2-9-8(3-6)13-5-15-9/h1-4H,5,11H2. The van der Waals surface area contributed by atoms with Crippen LogP contribution in [-0.2, 0) is 0 Å². The second-order valence-corrected chi connectivity index (χ2v) is 4.15. The van der Waals surface area contributed by atoms with Crippen LogP contribution in [-0.4, -0.2) is 11.1 Å². The van der Waals surface area contributed by atoms with Crippen LogP contribution in [0.5, 0.6) is 5.75 Å². The molecule has 2 aromatic rings. The molecule has 0 saturated heterocycles. The normalized spacial score (nSPS) is 13.6. The summed E-state index contributed by atoms with van der Waals surface area (Å²) in [7, 11) is 0. The van der Waals surface area contributed by atoms with Crippen LogP contribution in [0.2, 0.25) is 0 Å². The van der Waals surface area contributed by atoms with Gasteiger partial charge in [-0.3, -0.25) is 0 Å². The van der Waals surface area contributed by atoms with Crippen LogP contribution in [0.3, 0.4) is 0 Å². The Hall–Kier alpha value is -1.62. The Morgan fingerprint density at radius 1 is 1.33 bits per heavy atom. The lowest BCUT2D eigenvalue weighted by Crippen LogP contribution is -1.83. The molecule has 0 aliphatic carbocycles. The van der Waals surface area contributed by atoms with Crippen molar-refractivity contribution in [3.63, 3.8) is 0 Å². The molecule has 0 fully saturated rings. The maximum absolute atomic E-state index is 5.46. The summed E-state index contributed by atoms with van der Waals surface area (Å²) in [6.45, 7) is 0. The highest BCUT2D eigenvalue weighted by molar-refractivity contribution is 7.99. The zero-order valence-electron chi connectivity index (χ0n) is 7.77. The first-order valence-electron chi connectivity index (χ1n) is 4.45. The lowest BCUT2D eigenvalue weighted by Gasteiger charge is -1.99. The highest BCUT2D eigenvalue weighted by Crippen LogP contribution is 2.38. The van der Waals surface area contributed by atoms with E-state index in [4.69, 9.17) is 15.0 Å². The Labute approximate surface area is 90.4 Å². The molecule has 0 atom stereocenters. The molecule has 2 N–H and O–H groups in total. The van der Waals surface area contributed by atoms with E-state index in [0.29, 0.717) is 11.8 Å². The van der Waals surface area contributed by atoms with Crippen molar-refractivity contribution < 1.29 is 9.26 Å². The number of aromatic nitrogens is 1. The van der Waals surface area contributed by atoms with Gasteiger partial charge in [0, 0.05) is 11.6 Å². The van der Waals surface area contributed by atoms with E-state index >= 15 is 0 Å². The highest BCUT2D eigenvalue weighted by atomic mass is 32.2. The smallest absolute Gasteiger partial charge is 0.222 e. The van der Waals surface area contributed by atoms with Crippen LogP contribution in [0.4, 0.5) is 5.88 Å². The largest absolute Gasteiger partial charge is 0.481 e. The van der Waals surface area contributed by atoms with Crippen LogP contribution in [0.25, 0.3) is 11.3 Å². The van der Waals surface area contributed by atoms with Gasteiger partial charge >= 0.3 is 0 Å². The molecule has 0 spiro atoms. The Bertz CT molecular complexity index is 510. The molecule has 2 heterocycles. The van der Waals surface area contributed by atoms with Crippen LogP contribution in [0.15, 0.2) is 33.7 Å². The second kappa shape index (κ2) is 3.20. The van der Waals surface area contributed by atoms with E-state index in [2.05, 4.69) is 5.16 Å². The molecule has 1 aromatic carbocycles. The third-order valence-corrected chi connectivity index (χ3v) is 3.08. The van der Waals surface area contributed by atoms with Gasteiger partial charge in [0.05, 0.1) is 4.90 Å². The van der Waals surface area contributed by atoms with Crippen LogP contribution < -0.4 is 10.5 Å². The topological polar surface area (TPSA) is 61.3 Å². The molecule has 1 aliphatic heterocycles. The second-order valence-electron chi connectivity index (χ2n) is 3.18. The van der Waals surface area contributed by atoms with E-state index < -0.39 is 0 Å². The number of hydrogen-bond acceptors (Lipinski definition) is 5. The summed E-state index contributed by atoms with van der Waals surface area (Å²) in [4.78, 5) is 1.16. The Morgan fingerprint density at radius 2 is 2.27 bits per heavy atom. The number of fused-ring (bicyclic) bond motifs is 1. The summed E-state index contributed by atoms with van der Waals surface area (Å²) < 4.78 is 10.3. The number of thioether (sulfide) groups is 1. The van der Waals surface area contributed by atoms with Crippen LogP contribution in [0.1, 0.15) is 0 Å². The van der Waals surface area contributed by atoms with Crippen molar-refractivity contribution in [1.29, 1.82) is 0 Å². The van der Waals surface area contributed by atoms with Crippen LogP contribution in [0, 0.1) is 0 Å². The van der Waals surface area contributed by atoms with Gasteiger partial charge in [0.15, 0.2) is 0 Å². The SMILES string of the molecule is Nc1cc(-c2ccc3c(c2)OCS3)no1. The molecule has 1 aromatic heterocycles. The third-order valence-electron chi connectivity index (χ3n) is 2.20. The molecular formula is C10H8N2O2S. The minimum Gasteiger partial charge on any atom is -0.481 e. The lowest BCUT2D eigenvalue weighted by atomic mass is 10.1. The Balaban J connectivity index is 2.06. The van der Waals surface area contributed by atoms with Gasteiger partial charge in [-0.15, -0.1) is 0 Å². The van der Waals surface area contributed by atoms with E-state index in [0.717, 1.165) is 21.9 Å². The minimum absolute atomic E-state index is 0.320. The van der Waals surface area contributed by atoms with Crippen molar-refractivity contribution in [1.82, 2.24) is 5.16 Å². The quantitative estimate of drug-likeness (QED) is 0.799. The molecule has 0 amide bonds. The molecule has 4 nitrogen and oxygen atoms in total. The van der Waals surface area contributed by atoms with Gasteiger partial charge < -0.3 is 15.0 Å². The molecule has 0 saturated carbocycles. The monoisotopic (exact) mass is 220 g/mol. The fraction of sp³-hybridized carbons (Fsp3) is 0.100. The fourth-order valence-electron chi connectivity index (χ4n) is 1.48. The van der Waals surface area contributed by atoms with Gasteiger partial charge in [-0.05, 0) is 12.1 Å². The summed E-state index contributed by atoms with van der Waals surface area (Å²) in [6.07, 6.45) is 0. The van der Waals surface area contributed by atoms with Crippen molar-refractivity contribution >= 4 is 17.6 Å². The predicted octanol–water partition coefficient (Wildman–Crippen LogP) is 2.37.